The molecule has 2 nitrogen and oxygen atoms in total. The van der Waals surface area contributed by atoms with Gasteiger partial charge in [0.05, 0.1) is 12.5 Å². The van der Waals surface area contributed by atoms with Crippen LogP contribution in [0.3, 0.4) is 0 Å². The molecule has 0 unspecified atom stereocenters. The Labute approximate surface area is 111 Å². The Hall–Kier alpha value is -2.48. The Morgan fingerprint density at radius 2 is 1.47 bits per heavy atom. The highest BCUT2D eigenvalue weighted by Crippen LogP contribution is 2.37. The van der Waals surface area contributed by atoms with Crippen LogP contribution in [0.1, 0.15) is 11.1 Å². The number of rotatable bonds is 2. The molecule has 3 aromatic rings. The van der Waals surface area contributed by atoms with E-state index in [0.717, 1.165) is 23.5 Å². The van der Waals surface area contributed by atoms with Crippen LogP contribution in [0.25, 0.3) is 28.7 Å². The van der Waals surface area contributed by atoms with Crippen molar-refractivity contribution in [1.29, 1.82) is 0 Å². The van der Waals surface area contributed by atoms with Crippen LogP contribution in [0.15, 0.2) is 63.8 Å². The van der Waals surface area contributed by atoms with Gasteiger partial charge >= 0.3 is 0 Å². The maximum Gasteiger partial charge on any atom is 0.134 e. The Morgan fingerprint density at radius 1 is 0.789 bits per heavy atom. The lowest BCUT2D eigenvalue weighted by Gasteiger charge is -2.10. The van der Waals surface area contributed by atoms with E-state index in [0.29, 0.717) is 0 Å². The van der Waals surface area contributed by atoms with Gasteiger partial charge in [-0.15, -0.1) is 0 Å². The lowest BCUT2D eigenvalue weighted by Crippen LogP contribution is -1.90. The molecule has 1 aliphatic carbocycles. The molecule has 2 heterocycles. The third kappa shape index (κ3) is 1.57. The van der Waals surface area contributed by atoms with Crippen molar-refractivity contribution in [3.8, 4) is 22.6 Å². The first-order valence-electron chi connectivity index (χ1n) is 6.33. The van der Waals surface area contributed by atoms with Crippen LogP contribution in [0.2, 0.25) is 0 Å². The zero-order chi connectivity index (χ0) is 12.7. The lowest BCUT2D eigenvalue weighted by molar-refractivity contribution is 0.580. The first-order chi connectivity index (χ1) is 9.43. The molecule has 0 atom stereocenters. The molecule has 0 aliphatic heterocycles. The first-order valence-corrected chi connectivity index (χ1v) is 6.33. The van der Waals surface area contributed by atoms with Gasteiger partial charge in [-0.05, 0) is 47.9 Å². The van der Waals surface area contributed by atoms with Crippen molar-refractivity contribution in [3.63, 3.8) is 0 Å². The molecule has 2 aromatic heterocycles. The number of allylic oxidation sites excluding steroid dienone is 1. The van der Waals surface area contributed by atoms with Crippen molar-refractivity contribution < 1.29 is 8.83 Å². The Morgan fingerprint density at radius 3 is 2.16 bits per heavy atom. The Kier molecular flexibility index (Phi) is 2.21. The van der Waals surface area contributed by atoms with Gasteiger partial charge in [-0.2, -0.15) is 0 Å². The molecule has 92 valence electrons. The second-order valence-corrected chi connectivity index (χ2v) is 4.61. The van der Waals surface area contributed by atoms with Gasteiger partial charge in [0.2, 0.25) is 0 Å². The summed E-state index contributed by atoms with van der Waals surface area (Å²) in [6.07, 6.45) is 8.72. The van der Waals surface area contributed by atoms with Crippen molar-refractivity contribution in [2.45, 2.75) is 6.42 Å². The molecular formula is C17H12O2. The molecule has 0 amide bonds. The summed E-state index contributed by atoms with van der Waals surface area (Å²) >= 11 is 0. The van der Waals surface area contributed by atoms with Crippen molar-refractivity contribution in [3.05, 3.63) is 66.1 Å². The van der Waals surface area contributed by atoms with E-state index in [1.807, 2.05) is 24.3 Å². The quantitative estimate of drug-likeness (QED) is 0.652. The molecule has 0 spiro atoms. The summed E-state index contributed by atoms with van der Waals surface area (Å²) < 4.78 is 11.0. The minimum atomic E-state index is 0.911. The molecule has 19 heavy (non-hydrogen) atoms. The summed E-state index contributed by atoms with van der Waals surface area (Å²) in [5, 5.41) is 0. The minimum absolute atomic E-state index is 0.911. The van der Waals surface area contributed by atoms with E-state index in [4.69, 9.17) is 8.83 Å². The maximum absolute atomic E-state index is 5.52. The smallest absolute Gasteiger partial charge is 0.134 e. The number of hydrogen-bond acceptors (Lipinski definition) is 2. The van der Waals surface area contributed by atoms with Crippen LogP contribution in [0.4, 0.5) is 0 Å². The van der Waals surface area contributed by atoms with Crippen molar-refractivity contribution in [2.75, 3.05) is 0 Å². The largest absolute Gasteiger partial charge is 0.464 e. The Balaban J connectivity index is 1.94. The molecule has 0 saturated carbocycles. The normalized spacial score (nSPS) is 12.8. The van der Waals surface area contributed by atoms with Gasteiger partial charge < -0.3 is 8.83 Å². The highest BCUT2D eigenvalue weighted by Gasteiger charge is 2.18. The van der Waals surface area contributed by atoms with Crippen LogP contribution >= 0.6 is 0 Å². The molecule has 0 N–H and O–H groups in total. The second kappa shape index (κ2) is 4.02. The highest BCUT2D eigenvalue weighted by molar-refractivity contribution is 5.83. The number of furan rings is 2. The molecule has 0 fully saturated rings. The molecule has 1 aromatic carbocycles. The van der Waals surface area contributed by atoms with Crippen LogP contribution in [0, 0.1) is 0 Å². The minimum Gasteiger partial charge on any atom is -0.464 e. The average Bonchev–Trinajstić information content (AvgIpc) is 3.19. The van der Waals surface area contributed by atoms with Crippen molar-refractivity contribution in [2.24, 2.45) is 0 Å². The fourth-order valence-electron chi connectivity index (χ4n) is 2.68. The van der Waals surface area contributed by atoms with Gasteiger partial charge in [0.1, 0.15) is 11.5 Å². The van der Waals surface area contributed by atoms with E-state index in [-0.39, 0.29) is 0 Å². The molecular weight excluding hydrogens is 236 g/mol. The monoisotopic (exact) mass is 248 g/mol. The summed E-state index contributed by atoms with van der Waals surface area (Å²) in [7, 11) is 0. The maximum atomic E-state index is 5.52. The van der Waals surface area contributed by atoms with E-state index in [1.54, 1.807) is 12.5 Å². The zero-order valence-electron chi connectivity index (χ0n) is 10.3. The molecule has 0 saturated heterocycles. The van der Waals surface area contributed by atoms with E-state index in [9.17, 15) is 0 Å². The standard InChI is InChI=1S/C17H12O2/c1-4-12-13(5-1)15(17-7-3-11-19-17)9-8-14(12)16-6-2-10-18-16/h1-4,6-11H,5H2. The summed E-state index contributed by atoms with van der Waals surface area (Å²) in [4.78, 5) is 0. The van der Waals surface area contributed by atoms with E-state index in [2.05, 4.69) is 24.3 Å². The van der Waals surface area contributed by atoms with Gasteiger partial charge in [0.25, 0.3) is 0 Å². The Bertz CT molecular complexity index is 732. The summed E-state index contributed by atoms with van der Waals surface area (Å²) in [6.45, 7) is 0. The van der Waals surface area contributed by atoms with Crippen LogP contribution < -0.4 is 0 Å². The van der Waals surface area contributed by atoms with Crippen molar-refractivity contribution in [1.82, 2.24) is 0 Å². The van der Waals surface area contributed by atoms with Crippen LogP contribution in [-0.2, 0) is 6.42 Å². The third-order valence-corrected chi connectivity index (χ3v) is 3.54. The van der Waals surface area contributed by atoms with Gasteiger partial charge in [-0.25, -0.2) is 0 Å². The molecule has 2 heteroatoms. The van der Waals surface area contributed by atoms with E-state index < -0.39 is 0 Å². The molecule has 1 aliphatic rings. The summed E-state index contributed by atoms with van der Waals surface area (Å²) in [5.41, 5.74) is 4.86. The highest BCUT2D eigenvalue weighted by atomic mass is 16.3. The number of benzene rings is 1. The van der Waals surface area contributed by atoms with Gasteiger partial charge in [0.15, 0.2) is 0 Å². The van der Waals surface area contributed by atoms with E-state index >= 15 is 0 Å². The summed E-state index contributed by atoms with van der Waals surface area (Å²) in [5.74, 6) is 1.83. The topological polar surface area (TPSA) is 26.3 Å². The first kappa shape index (κ1) is 10.4. The van der Waals surface area contributed by atoms with Crippen LogP contribution in [0.5, 0.6) is 0 Å². The van der Waals surface area contributed by atoms with Crippen LogP contribution in [-0.4, -0.2) is 0 Å². The third-order valence-electron chi connectivity index (χ3n) is 3.54. The predicted molar refractivity (Wildman–Crippen MR) is 74.6 cm³/mol. The predicted octanol–water partition coefficient (Wildman–Crippen LogP) is 4.78. The zero-order valence-corrected chi connectivity index (χ0v) is 10.3. The number of hydrogen-bond donors (Lipinski definition) is 0. The SMILES string of the molecule is C1=Cc2c(-c3ccco3)ccc(-c3ccco3)c2C1. The van der Waals surface area contributed by atoms with Gasteiger partial charge in [-0.1, -0.05) is 18.2 Å². The van der Waals surface area contributed by atoms with Crippen molar-refractivity contribution >= 4 is 6.08 Å². The van der Waals surface area contributed by atoms with E-state index in [1.165, 1.54) is 16.7 Å². The summed E-state index contributed by atoms with van der Waals surface area (Å²) in [6, 6.07) is 12.0. The fraction of sp³-hybridized carbons (Fsp3) is 0.0588. The fourth-order valence-corrected chi connectivity index (χ4v) is 2.68. The molecule has 0 bridgehead atoms. The molecule has 4 rings (SSSR count). The lowest BCUT2D eigenvalue weighted by atomic mass is 9.95. The average molecular weight is 248 g/mol. The van der Waals surface area contributed by atoms with Gasteiger partial charge in [0, 0.05) is 11.1 Å². The molecule has 0 radical (unpaired) electrons. The second-order valence-electron chi connectivity index (χ2n) is 4.61. The van der Waals surface area contributed by atoms with Gasteiger partial charge in [-0.3, -0.25) is 0 Å². The number of fused-ring (bicyclic) bond motifs is 1.